The third kappa shape index (κ3) is 4.56. The molecule has 0 saturated carbocycles. The summed E-state index contributed by atoms with van der Waals surface area (Å²) in [6.07, 6.45) is 3.17. The fraction of sp³-hybridized carbons (Fsp3) is 0.667. The number of nitrogen functional groups attached to an aromatic ring is 1. The molecule has 2 atom stereocenters. The normalized spacial score (nSPS) is 23.0. The van der Waals surface area contributed by atoms with Gasteiger partial charge in [0.2, 0.25) is 0 Å². The van der Waals surface area contributed by atoms with Crippen molar-refractivity contribution in [2.75, 3.05) is 39.5 Å². The van der Waals surface area contributed by atoms with E-state index in [1.165, 1.54) is 6.07 Å². The number of aliphatic hydroxyl groups is 1. The summed E-state index contributed by atoms with van der Waals surface area (Å²) in [5, 5.41) is 9.85. The van der Waals surface area contributed by atoms with Crippen LogP contribution in [0.3, 0.4) is 0 Å². The van der Waals surface area contributed by atoms with Crippen molar-refractivity contribution in [2.24, 2.45) is 0 Å². The number of nitrogens with two attached hydrogens (primary N) is 1. The monoisotopic (exact) mass is 294 g/mol. The van der Waals surface area contributed by atoms with Gasteiger partial charge in [-0.25, -0.2) is 0 Å². The lowest BCUT2D eigenvalue weighted by atomic mass is 10.2. The van der Waals surface area contributed by atoms with Gasteiger partial charge in [0.1, 0.15) is 0 Å². The number of aryl methyl sites for hydroxylation is 1. The van der Waals surface area contributed by atoms with Crippen molar-refractivity contribution < 1.29 is 5.11 Å². The molecule has 0 amide bonds. The van der Waals surface area contributed by atoms with Crippen LogP contribution >= 0.6 is 0 Å². The van der Waals surface area contributed by atoms with Gasteiger partial charge < -0.3 is 20.3 Å². The van der Waals surface area contributed by atoms with Crippen LogP contribution in [0.15, 0.2) is 23.1 Å². The van der Waals surface area contributed by atoms with Crippen molar-refractivity contribution in [1.29, 1.82) is 0 Å². The Morgan fingerprint density at radius 2 is 2.14 bits per heavy atom. The zero-order valence-corrected chi connectivity index (χ0v) is 12.9. The summed E-state index contributed by atoms with van der Waals surface area (Å²) in [5.74, 6) is 0. The first kappa shape index (κ1) is 16.0. The van der Waals surface area contributed by atoms with Crippen molar-refractivity contribution in [3.05, 3.63) is 28.7 Å². The zero-order valence-electron chi connectivity index (χ0n) is 12.9. The summed E-state index contributed by atoms with van der Waals surface area (Å²) in [7, 11) is 4.10. The van der Waals surface area contributed by atoms with Crippen molar-refractivity contribution in [1.82, 2.24) is 14.4 Å². The maximum Gasteiger partial charge on any atom is 0.250 e. The molecule has 2 unspecified atom stereocenters. The number of anilines is 1. The molecular weight excluding hydrogens is 268 g/mol. The van der Waals surface area contributed by atoms with Crippen molar-refractivity contribution in [3.63, 3.8) is 0 Å². The first-order valence-corrected chi connectivity index (χ1v) is 7.48. The molecule has 1 fully saturated rings. The second kappa shape index (κ2) is 7.06. The molecule has 21 heavy (non-hydrogen) atoms. The second-order valence-corrected chi connectivity index (χ2v) is 6.15. The quantitative estimate of drug-likeness (QED) is 0.761. The molecule has 0 spiro atoms. The van der Waals surface area contributed by atoms with Gasteiger partial charge in [-0.15, -0.1) is 0 Å². The number of β-amino-alcohol motifs (C(OH)–C–C–N with tert-alkyl or cyclic N) is 1. The van der Waals surface area contributed by atoms with E-state index in [4.69, 9.17) is 5.73 Å². The molecule has 1 aromatic heterocycles. The molecule has 0 radical (unpaired) electrons. The number of pyridine rings is 1. The van der Waals surface area contributed by atoms with Gasteiger partial charge in [-0.05, 0) is 33.0 Å². The third-order valence-electron chi connectivity index (χ3n) is 3.93. The Labute approximate surface area is 125 Å². The highest BCUT2D eigenvalue weighted by Gasteiger charge is 2.30. The molecule has 1 aromatic rings. The van der Waals surface area contributed by atoms with E-state index in [-0.39, 0.29) is 11.7 Å². The molecule has 6 nitrogen and oxygen atoms in total. The van der Waals surface area contributed by atoms with E-state index in [2.05, 4.69) is 23.9 Å². The van der Waals surface area contributed by atoms with E-state index in [9.17, 15) is 9.90 Å². The van der Waals surface area contributed by atoms with Gasteiger partial charge in [-0.1, -0.05) is 0 Å². The van der Waals surface area contributed by atoms with Crippen LogP contribution in [0.1, 0.15) is 12.8 Å². The number of nitrogens with zero attached hydrogens (tertiary/aromatic N) is 3. The molecule has 2 rings (SSSR count). The molecule has 0 aromatic carbocycles. The van der Waals surface area contributed by atoms with E-state index < -0.39 is 0 Å². The number of hydrogen-bond acceptors (Lipinski definition) is 5. The molecule has 0 bridgehead atoms. The topological polar surface area (TPSA) is 74.7 Å². The van der Waals surface area contributed by atoms with Gasteiger partial charge in [-0.3, -0.25) is 9.69 Å². The SMILES string of the molecule is CN(C)CC1CC(O)CN1CCCn1cc(N)ccc1=O. The minimum absolute atomic E-state index is 0.0181. The molecule has 1 aliphatic rings. The van der Waals surface area contributed by atoms with Crippen LogP contribution in [-0.2, 0) is 6.54 Å². The number of likely N-dealkylation sites (N-methyl/N-ethyl adjacent to an activating group) is 1. The van der Waals surface area contributed by atoms with Crippen LogP contribution in [0.4, 0.5) is 5.69 Å². The Balaban J connectivity index is 1.87. The van der Waals surface area contributed by atoms with E-state index in [0.29, 0.717) is 18.3 Å². The number of likely N-dealkylation sites (tertiary alicyclic amines) is 1. The summed E-state index contributed by atoms with van der Waals surface area (Å²) in [6, 6.07) is 3.53. The van der Waals surface area contributed by atoms with E-state index in [1.807, 2.05) is 0 Å². The lowest BCUT2D eigenvalue weighted by Crippen LogP contribution is -2.38. The van der Waals surface area contributed by atoms with Crippen LogP contribution in [0.5, 0.6) is 0 Å². The minimum Gasteiger partial charge on any atom is -0.398 e. The Kier molecular flexibility index (Phi) is 5.39. The Morgan fingerprint density at radius 3 is 2.86 bits per heavy atom. The van der Waals surface area contributed by atoms with Crippen molar-refractivity contribution >= 4 is 5.69 Å². The lowest BCUT2D eigenvalue weighted by molar-refractivity contribution is 0.171. The van der Waals surface area contributed by atoms with E-state index in [0.717, 1.165) is 32.5 Å². The van der Waals surface area contributed by atoms with Crippen LogP contribution < -0.4 is 11.3 Å². The molecular formula is C15H26N4O2. The van der Waals surface area contributed by atoms with Crippen LogP contribution in [0.2, 0.25) is 0 Å². The first-order valence-electron chi connectivity index (χ1n) is 7.48. The molecule has 2 heterocycles. The van der Waals surface area contributed by atoms with Crippen LogP contribution in [0, 0.1) is 0 Å². The average molecular weight is 294 g/mol. The molecule has 118 valence electrons. The molecule has 0 aliphatic carbocycles. The van der Waals surface area contributed by atoms with E-state index >= 15 is 0 Å². The predicted octanol–water partition coefficient (Wildman–Crippen LogP) is -0.183. The Morgan fingerprint density at radius 1 is 1.38 bits per heavy atom. The van der Waals surface area contributed by atoms with Crippen molar-refractivity contribution in [2.45, 2.75) is 31.5 Å². The number of hydrogen-bond donors (Lipinski definition) is 2. The van der Waals surface area contributed by atoms with Gasteiger partial charge in [0, 0.05) is 50.2 Å². The molecule has 1 saturated heterocycles. The second-order valence-electron chi connectivity index (χ2n) is 6.15. The predicted molar refractivity (Wildman–Crippen MR) is 84.3 cm³/mol. The lowest BCUT2D eigenvalue weighted by Gasteiger charge is -2.26. The highest BCUT2D eigenvalue weighted by molar-refractivity contribution is 5.33. The number of rotatable bonds is 6. The standard InChI is InChI=1S/C15H26N4O2/c1-17(2)10-13-8-14(20)11-18(13)6-3-7-19-9-12(16)4-5-15(19)21/h4-5,9,13-14,20H,3,6-8,10-11,16H2,1-2H3. The summed E-state index contributed by atoms with van der Waals surface area (Å²) in [6.45, 7) is 3.22. The first-order chi connectivity index (χ1) is 9.95. The molecule has 3 N–H and O–H groups in total. The third-order valence-corrected chi connectivity index (χ3v) is 3.93. The maximum atomic E-state index is 11.7. The fourth-order valence-corrected chi connectivity index (χ4v) is 3.01. The highest BCUT2D eigenvalue weighted by Crippen LogP contribution is 2.18. The van der Waals surface area contributed by atoms with Gasteiger partial charge >= 0.3 is 0 Å². The van der Waals surface area contributed by atoms with Gasteiger partial charge in [0.25, 0.3) is 5.56 Å². The molecule has 1 aliphatic heterocycles. The summed E-state index contributed by atoms with van der Waals surface area (Å²) >= 11 is 0. The van der Waals surface area contributed by atoms with Crippen LogP contribution in [0.25, 0.3) is 0 Å². The van der Waals surface area contributed by atoms with Gasteiger partial charge in [0.05, 0.1) is 6.10 Å². The van der Waals surface area contributed by atoms with Gasteiger partial charge in [0.15, 0.2) is 0 Å². The average Bonchev–Trinajstić information content (AvgIpc) is 2.73. The Hall–Kier alpha value is -1.37. The molecule has 6 heteroatoms. The minimum atomic E-state index is -0.231. The summed E-state index contributed by atoms with van der Waals surface area (Å²) in [4.78, 5) is 16.2. The number of aliphatic hydroxyl groups excluding tert-OH is 1. The smallest absolute Gasteiger partial charge is 0.250 e. The Bertz CT molecular complexity index is 515. The zero-order chi connectivity index (χ0) is 15.4. The van der Waals surface area contributed by atoms with Crippen LogP contribution in [-0.4, -0.2) is 65.3 Å². The van der Waals surface area contributed by atoms with E-state index in [1.54, 1.807) is 16.8 Å². The maximum absolute atomic E-state index is 11.7. The fourth-order valence-electron chi connectivity index (χ4n) is 3.01. The summed E-state index contributed by atoms with van der Waals surface area (Å²) < 4.78 is 1.66. The summed E-state index contributed by atoms with van der Waals surface area (Å²) in [5.41, 5.74) is 6.30. The number of aromatic nitrogens is 1. The largest absolute Gasteiger partial charge is 0.398 e. The van der Waals surface area contributed by atoms with Crippen molar-refractivity contribution in [3.8, 4) is 0 Å². The highest BCUT2D eigenvalue weighted by atomic mass is 16.3. The van der Waals surface area contributed by atoms with Gasteiger partial charge in [-0.2, -0.15) is 0 Å².